The van der Waals surface area contributed by atoms with Crippen molar-refractivity contribution in [2.75, 3.05) is 26.1 Å². The highest BCUT2D eigenvalue weighted by molar-refractivity contribution is 6.06. The Balaban J connectivity index is 1.28. The highest BCUT2D eigenvalue weighted by Gasteiger charge is 2.39. The van der Waals surface area contributed by atoms with Crippen LogP contribution >= 0.6 is 0 Å². The number of amides is 1. The molecule has 2 heterocycles. The number of hydrogen-bond acceptors (Lipinski definition) is 8. The molecule has 2 atom stereocenters. The maximum atomic E-state index is 16.0. The lowest BCUT2D eigenvalue weighted by Gasteiger charge is -2.37. The molecule has 0 aliphatic rings. The number of fused-ring (bicyclic) bond motifs is 1. The van der Waals surface area contributed by atoms with Gasteiger partial charge in [0, 0.05) is 5.56 Å². The molecular formula is C38H36FN5O5. The normalized spacial score (nSPS) is 12.7. The van der Waals surface area contributed by atoms with Gasteiger partial charge in [0.2, 0.25) is 0 Å². The minimum atomic E-state index is -1.96. The number of methoxy groups -OCH3 is 2. The van der Waals surface area contributed by atoms with Crippen LogP contribution in [-0.4, -0.2) is 52.4 Å². The Hall–Kier alpha value is -5.65. The van der Waals surface area contributed by atoms with E-state index in [1.807, 2.05) is 91.9 Å². The van der Waals surface area contributed by atoms with Gasteiger partial charge in [-0.15, -0.1) is 0 Å². The fraction of sp³-hybridized carbons (Fsp3) is 0.211. The van der Waals surface area contributed by atoms with Crippen molar-refractivity contribution in [2.45, 2.75) is 31.5 Å². The van der Waals surface area contributed by atoms with Crippen LogP contribution in [0.2, 0.25) is 0 Å². The van der Waals surface area contributed by atoms with Crippen molar-refractivity contribution in [3.63, 3.8) is 0 Å². The Morgan fingerprint density at radius 2 is 1.37 bits per heavy atom. The topological polar surface area (TPSA) is 110 Å². The number of alkyl halides is 1. The standard InChI is InChI=1S/C38H36FN5O5/c1-4-30(49-37(39)44-25-42-33-34(40-24-41-35(33)44)43-36(45)26-11-7-5-8-12-26)23-48-38(27-13-9-6-10-14-27,28-15-19-31(46-2)20-16-28)29-17-21-32(47-3)22-18-29/h5-22,24-25,30,37H,4,23H2,1-3H3,(H,40,41,43,45)/t30?,37-/m1/s1. The lowest BCUT2D eigenvalue weighted by atomic mass is 9.80. The molecule has 0 radical (unpaired) electrons. The number of benzene rings is 4. The molecule has 1 amide bonds. The summed E-state index contributed by atoms with van der Waals surface area (Å²) < 4.78 is 40.9. The van der Waals surface area contributed by atoms with E-state index in [1.165, 1.54) is 12.7 Å². The van der Waals surface area contributed by atoms with E-state index in [9.17, 15) is 4.79 Å². The summed E-state index contributed by atoms with van der Waals surface area (Å²) >= 11 is 0. The Morgan fingerprint density at radius 3 is 1.94 bits per heavy atom. The van der Waals surface area contributed by atoms with Crippen LogP contribution in [0.15, 0.2) is 122 Å². The van der Waals surface area contributed by atoms with E-state index in [2.05, 4.69) is 20.3 Å². The maximum absolute atomic E-state index is 16.0. The van der Waals surface area contributed by atoms with E-state index < -0.39 is 18.2 Å². The molecule has 1 N–H and O–H groups in total. The molecule has 10 nitrogen and oxygen atoms in total. The summed E-state index contributed by atoms with van der Waals surface area (Å²) in [5.74, 6) is 1.19. The number of imidazole rings is 1. The molecule has 0 fully saturated rings. The molecule has 0 saturated carbocycles. The van der Waals surface area contributed by atoms with Gasteiger partial charge in [-0.3, -0.25) is 9.36 Å². The van der Waals surface area contributed by atoms with Crippen LogP contribution in [0.25, 0.3) is 11.2 Å². The van der Waals surface area contributed by atoms with Gasteiger partial charge in [0.25, 0.3) is 12.4 Å². The van der Waals surface area contributed by atoms with Gasteiger partial charge in [-0.1, -0.05) is 79.7 Å². The van der Waals surface area contributed by atoms with Gasteiger partial charge >= 0.3 is 0 Å². The third-order valence-corrected chi connectivity index (χ3v) is 8.26. The van der Waals surface area contributed by atoms with Crippen LogP contribution < -0.4 is 14.8 Å². The van der Waals surface area contributed by atoms with Crippen LogP contribution in [0, 0.1) is 0 Å². The fourth-order valence-corrected chi connectivity index (χ4v) is 5.63. The molecule has 2 aromatic heterocycles. The first-order valence-electron chi connectivity index (χ1n) is 15.8. The van der Waals surface area contributed by atoms with Crippen molar-refractivity contribution < 1.29 is 28.1 Å². The number of nitrogens with zero attached hydrogens (tertiary/aromatic N) is 4. The summed E-state index contributed by atoms with van der Waals surface area (Å²) in [4.78, 5) is 25.5. The zero-order valence-corrected chi connectivity index (χ0v) is 27.3. The van der Waals surface area contributed by atoms with E-state index in [4.69, 9.17) is 18.9 Å². The smallest absolute Gasteiger partial charge is 0.285 e. The molecular weight excluding hydrogens is 625 g/mol. The second-order valence-corrected chi connectivity index (χ2v) is 11.1. The molecule has 0 aliphatic heterocycles. The quantitative estimate of drug-likeness (QED) is 0.121. The average molecular weight is 662 g/mol. The van der Waals surface area contributed by atoms with Crippen molar-refractivity contribution in [1.29, 1.82) is 0 Å². The molecule has 6 rings (SSSR count). The highest BCUT2D eigenvalue weighted by atomic mass is 19.1. The fourth-order valence-electron chi connectivity index (χ4n) is 5.63. The number of hydrogen-bond donors (Lipinski definition) is 1. The van der Waals surface area contributed by atoms with E-state index in [1.54, 1.807) is 38.5 Å². The highest BCUT2D eigenvalue weighted by Crippen LogP contribution is 2.42. The van der Waals surface area contributed by atoms with Crippen LogP contribution in [0.5, 0.6) is 11.5 Å². The lowest BCUT2D eigenvalue weighted by Crippen LogP contribution is -2.36. The Morgan fingerprint density at radius 1 is 0.796 bits per heavy atom. The van der Waals surface area contributed by atoms with Crippen molar-refractivity contribution >= 4 is 22.9 Å². The van der Waals surface area contributed by atoms with Crippen LogP contribution in [0.1, 0.15) is 46.9 Å². The summed E-state index contributed by atoms with van der Waals surface area (Å²) in [5.41, 5.74) is 2.31. The molecule has 250 valence electrons. The first kappa shape index (κ1) is 33.3. The zero-order chi connectivity index (χ0) is 34.2. The minimum Gasteiger partial charge on any atom is -0.497 e. The predicted molar refractivity (Wildman–Crippen MR) is 183 cm³/mol. The van der Waals surface area contributed by atoms with Gasteiger partial charge in [0.1, 0.15) is 29.8 Å². The number of ether oxygens (including phenoxy) is 4. The Labute approximate surface area is 283 Å². The summed E-state index contributed by atoms with van der Waals surface area (Å²) in [6, 6.07) is 33.9. The van der Waals surface area contributed by atoms with Gasteiger partial charge in [-0.2, -0.15) is 4.39 Å². The summed E-state index contributed by atoms with van der Waals surface area (Å²) in [6.45, 7) is -0.0275. The number of carbonyl (C=O) groups is 1. The second-order valence-electron chi connectivity index (χ2n) is 11.1. The van der Waals surface area contributed by atoms with Crippen LogP contribution in [0.4, 0.5) is 10.2 Å². The molecule has 4 aromatic carbocycles. The first-order chi connectivity index (χ1) is 24.0. The zero-order valence-electron chi connectivity index (χ0n) is 27.3. The van der Waals surface area contributed by atoms with E-state index in [-0.39, 0.29) is 29.5 Å². The monoisotopic (exact) mass is 661 g/mol. The maximum Gasteiger partial charge on any atom is 0.285 e. The van der Waals surface area contributed by atoms with E-state index in [0.29, 0.717) is 23.5 Å². The van der Waals surface area contributed by atoms with E-state index in [0.717, 1.165) is 21.3 Å². The van der Waals surface area contributed by atoms with Crippen molar-refractivity contribution in [1.82, 2.24) is 19.5 Å². The predicted octanol–water partition coefficient (Wildman–Crippen LogP) is 7.33. The molecule has 0 aliphatic carbocycles. The minimum absolute atomic E-state index is 0.0316. The van der Waals surface area contributed by atoms with Gasteiger partial charge < -0.3 is 24.3 Å². The Bertz CT molecular complexity index is 1920. The van der Waals surface area contributed by atoms with Gasteiger partial charge in [-0.05, 0) is 59.5 Å². The summed E-state index contributed by atoms with van der Waals surface area (Å²) in [6.07, 6.45) is 2.28. The number of anilines is 1. The number of nitrogens with one attached hydrogen (secondary N) is 1. The van der Waals surface area contributed by atoms with E-state index >= 15 is 4.39 Å². The molecule has 0 spiro atoms. The molecule has 6 aromatic rings. The number of carbonyl (C=O) groups excluding carboxylic acids is 1. The number of aromatic nitrogens is 4. The molecule has 0 saturated heterocycles. The SMILES string of the molecule is CCC(COC(c1ccccc1)(c1ccc(OC)cc1)c1ccc(OC)cc1)O[C@H](F)n1cnc2c(NC(=O)c3ccccc3)ncnc21. The first-order valence-corrected chi connectivity index (χ1v) is 15.8. The number of rotatable bonds is 14. The second kappa shape index (κ2) is 15.1. The van der Waals surface area contributed by atoms with Gasteiger partial charge in [0.05, 0.1) is 26.9 Å². The average Bonchev–Trinajstić information content (AvgIpc) is 3.61. The summed E-state index contributed by atoms with van der Waals surface area (Å²) in [5, 5.41) is 2.74. The third-order valence-electron chi connectivity index (χ3n) is 8.26. The van der Waals surface area contributed by atoms with Gasteiger partial charge in [-0.25, -0.2) is 15.0 Å². The lowest BCUT2D eigenvalue weighted by molar-refractivity contribution is -0.161. The van der Waals surface area contributed by atoms with Crippen LogP contribution in [0.3, 0.4) is 0 Å². The molecule has 11 heteroatoms. The molecule has 49 heavy (non-hydrogen) atoms. The Kier molecular flexibility index (Phi) is 10.2. The molecule has 1 unspecified atom stereocenters. The van der Waals surface area contributed by atoms with Crippen molar-refractivity contribution in [3.8, 4) is 11.5 Å². The van der Waals surface area contributed by atoms with Crippen LogP contribution in [-0.2, 0) is 15.1 Å². The number of halogens is 1. The molecule has 0 bridgehead atoms. The third kappa shape index (κ3) is 6.99. The summed E-state index contributed by atoms with van der Waals surface area (Å²) in [7, 11) is 3.24. The largest absolute Gasteiger partial charge is 0.497 e. The van der Waals surface area contributed by atoms with Crippen molar-refractivity contribution in [3.05, 3.63) is 144 Å². The van der Waals surface area contributed by atoms with Crippen molar-refractivity contribution in [2.24, 2.45) is 0 Å². The van der Waals surface area contributed by atoms with Gasteiger partial charge in [0.15, 0.2) is 17.0 Å².